The minimum Gasteiger partial charge on any atom is -0.374 e. The van der Waals surface area contributed by atoms with Crippen LogP contribution in [-0.4, -0.2) is 6.61 Å². The summed E-state index contributed by atoms with van der Waals surface area (Å²) < 4.78 is 5.93. The minimum atomic E-state index is 0.373. The highest BCUT2D eigenvalue weighted by Crippen LogP contribution is 2.33. The monoisotopic (exact) mass is 204 g/mol. The fourth-order valence-corrected chi connectivity index (χ4v) is 2.27. The molecule has 82 valence electrons. The molecule has 0 aliphatic heterocycles. The average Bonchev–Trinajstić information content (AvgIpc) is 2.68. The van der Waals surface area contributed by atoms with Crippen molar-refractivity contribution in [1.82, 2.24) is 0 Å². The molecular formula is C14H20O. The second kappa shape index (κ2) is 5.32. The van der Waals surface area contributed by atoms with E-state index in [0.717, 1.165) is 6.61 Å². The van der Waals surface area contributed by atoms with Gasteiger partial charge >= 0.3 is 0 Å². The van der Waals surface area contributed by atoms with Crippen molar-refractivity contribution in [2.75, 3.05) is 6.61 Å². The molecule has 0 N–H and O–H groups in total. The Balaban J connectivity index is 1.85. The third-order valence-electron chi connectivity index (χ3n) is 3.14. The standard InChI is InChI=1S/C14H20O/c1-2-3-6-11-15-14-10-9-12-7-4-5-8-13(12)14/h4-5,7-8,14H,2-3,6,9-11H2,1H3. The molecular weight excluding hydrogens is 184 g/mol. The molecule has 0 aromatic heterocycles. The van der Waals surface area contributed by atoms with Crippen LogP contribution in [-0.2, 0) is 11.2 Å². The van der Waals surface area contributed by atoms with Crippen molar-refractivity contribution in [3.8, 4) is 0 Å². The van der Waals surface area contributed by atoms with Gasteiger partial charge in [-0.2, -0.15) is 0 Å². The molecule has 0 amide bonds. The van der Waals surface area contributed by atoms with Crippen LogP contribution in [0.4, 0.5) is 0 Å². The van der Waals surface area contributed by atoms with Gasteiger partial charge in [-0.15, -0.1) is 0 Å². The zero-order valence-corrected chi connectivity index (χ0v) is 9.54. The summed E-state index contributed by atoms with van der Waals surface area (Å²) in [7, 11) is 0. The van der Waals surface area contributed by atoms with Gasteiger partial charge in [-0.3, -0.25) is 0 Å². The molecule has 1 nitrogen and oxygen atoms in total. The summed E-state index contributed by atoms with van der Waals surface area (Å²) in [5.74, 6) is 0. The lowest BCUT2D eigenvalue weighted by atomic mass is 10.1. The fraction of sp³-hybridized carbons (Fsp3) is 0.571. The molecule has 0 spiro atoms. The topological polar surface area (TPSA) is 9.23 Å². The van der Waals surface area contributed by atoms with E-state index in [-0.39, 0.29) is 0 Å². The summed E-state index contributed by atoms with van der Waals surface area (Å²) >= 11 is 0. The summed E-state index contributed by atoms with van der Waals surface area (Å²) in [5.41, 5.74) is 2.91. The molecule has 1 aliphatic rings. The van der Waals surface area contributed by atoms with Gasteiger partial charge in [-0.25, -0.2) is 0 Å². The van der Waals surface area contributed by atoms with E-state index in [4.69, 9.17) is 4.74 Å². The number of hydrogen-bond acceptors (Lipinski definition) is 1. The predicted octanol–water partition coefficient (Wildman–Crippen LogP) is 3.88. The van der Waals surface area contributed by atoms with Gasteiger partial charge in [0, 0.05) is 6.61 Å². The lowest BCUT2D eigenvalue weighted by Gasteiger charge is -2.12. The molecule has 1 aliphatic carbocycles. The normalized spacial score (nSPS) is 19.1. The maximum Gasteiger partial charge on any atom is 0.0830 e. The van der Waals surface area contributed by atoms with Crippen LogP contribution in [0.1, 0.15) is 49.8 Å². The van der Waals surface area contributed by atoms with Crippen LogP contribution in [0, 0.1) is 0 Å². The molecule has 0 fully saturated rings. The van der Waals surface area contributed by atoms with Gasteiger partial charge in [0.05, 0.1) is 6.10 Å². The maximum atomic E-state index is 5.93. The third kappa shape index (κ3) is 2.60. The van der Waals surface area contributed by atoms with Crippen molar-refractivity contribution >= 4 is 0 Å². The molecule has 0 heterocycles. The quantitative estimate of drug-likeness (QED) is 0.661. The Hall–Kier alpha value is -0.820. The third-order valence-corrected chi connectivity index (χ3v) is 3.14. The summed E-state index contributed by atoms with van der Waals surface area (Å²) in [6.07, 6.45) is 6.49. The van der Waals surface area contributed by atoms with E-state index >= 15 is 0 Å². The Morgan fingerprint density at radius 2 is 2.13 bits per heavy atom. The van der Waals surface area contributed by atoms with E-state index in [0.29, 0.717) is 6.10 Å². The largest absolute Gasteiger partial charge is 0.374 e. The summed E-state index contributed by atoms with van der Waals surface area (Å²) in [6, 6.07) is 8.68. The first kappa shape index (κ1) is 10.7. The van der Waals surface area contributed by atoms with Crippen molar-refractivity contribution in [3.05, 3.63) is 35.4 Å². The second-order valence-electron chi connectivity index (χ2n) is 4.30. The molecule has 1 unspecified atom stereocenters. The minimum absolute atomic E-state index is 0.373. The van der Waals surface area contributed by atoms with E-state index in [2.05, 4.69) is 31.2 Å². The molecule has 2 rings (SSSR count). The molecule has 15 heavy (non-hydrogen) atoms. The van der Waals surface area contributed by atoms with Crippen molar-refractivity contribution < 1.29 is 4.74 Å². The summed E-state index contributed by atoms with van der Waals surface area (Å²) in [5, 5.41) is 0. The summed E-state index contributed by atoms with van der Waals surface area (Å²) in [6.45, 7) is 3.15. The van der Waals surface area contributed by atoms with Crippen molar-refractivity contribution in [2.45, 2.75) is 45.1 Å². The number of fused-ring (bicyclic) bond motifs is 1. The molecule has 1 atom stereocenters. The number of unbranched alkanes of at least 4 members (excludes halogenated alkanes) is 2. The first-order chi connectivity index (χ1) is 7.42. The molecule has 0 saturated carbocycles. The van der Waals surface area contributed by atoms with Gasteiger partial charge in [0.2, 0.25) is 0 Å². The SMILES string of the molecule is CCCCCOC1CCc2ccccc21. The van der Waals surface area contributed by atoms with Gasteiger partial charge < -0.3 is 4.74 Å². The average molecular weight is 204 g/mol. The van der Waals surface area contributed by atoms with Gasteiger partial charge in [0.15, 0.2) is 0 Å². The van der Waals surface area contributed by atoms with E-state index in [1.807, 2.05) is 0 Å². The van der Waals surface area contributed by atoms with E-state index in [1.165, 1.54) is 43.2 Å². The molecule has 1 aromatic carbocycles. The van der Waals surface area contributed by atoms with Crippen molar-refractivity contribution in [2.24, 2.45) is 0 Å². The highest BCUT2D eigenvalue weighted by atomic mass is 16.5. The zero-order valence-electron chi connectivity index (χ0n) is 9.54. The van der Waals surface area contributed by atoms with Gasteiger partial charge in [-0.1, -0.05) is 44.0 Å². The fourth-order valence-electron chi connectivity index (χ4n) is 2.27. The van der Waals surface area contributed by atoms with Crippen LogP contribution >= 0.6 is 0 Å². The van der Waals surface area contributed by atoms with E-state index in [9.17, 15) is 0 Å². The van der Waals surface area contributed by atoms with Gasteiger partial charge in [-0.05, 0) is 30.4 Å². The Bertz CT molecular complexity index is 306. The van der Waals surface area contributed by atoms with Crippen LogP contribution < -0.4 is 0 Å². The van der Waals surface area contributed by atoms with Gasteiger partial charge in [0.25, 0.3) is 0 Å². The van der Waals surface area contributed by atoms with E-state index < -0.39 is 0 Å². The van der Waals surface area contributed by atoms with Crippen LogP contribution in [0.15, 0.2) is 24.3 Å². The predicted molar refractivity (Wildman–Crippen MR) is 63.0 cm³/mol. The Morgan fingerprint density at radius 1 is 1.27 bits per heavy atom. The lowest BCUT2D eigenvalue weighted by molar-refractivity contribution is 0.0514. The van der Waals surface area contributed by atoms with E-state index in [1.54, 1.807) is 0 Å². The first-order valence-corrected chi connectivity index (χ1v) is 6.11. The Labute approximate surface area is 92.5 Å². The van der Waals surface area contributed by atoms with Crippen molar-refractivity contribution in [1.29, 1.82) is 0 Å². The molecule has 0 radical (unpaired) electrons. The zero-order chi connectivity index (χ0) is 10.5. The van der Waals surface area contributed by atoms with Crippen LogP contribution in [0.2, 0.25) is 0 Å². The highest BCUT2D eigenvalue weighted by molar-refractivity contribution is 5.33. The number of hydrogen-bond donors (Lipinski definition) is 0. The van der Waals surface area contributed by atoms with Crippen LogP contribution in [0.5, 0.6) is 0 Å². The number of ether oxygens (including phenoxy) is 1. The number of benzene rings is 1. The highest BCUT2D eigenvalue weighted by Gasteiger charge is 2.21. The number of aryl methyl sites for hydroxylation is 1. The first-order valence-electron chi connectivity index (χ1n) is 6.11. The van der Waals surface area contributed by atoms with Crippen LogP contribution in [0.3, 0.4) is 0 Å². The Morgan fingerprint density at radius 3 is 3.00 bits per heavy atom. The number of rotatable bonds is 5. The maximum absolute atomic E-state index is 5.93. The lowest BCUT2D eigenvalue weighted by Crippen LogP contribution is -2.01. The second-order valence-corrected chi connectivity index (χ2v) is 4.30. The molecule has 0 saturated heterocycles. The van der Waals surface area contributed by atoms with Crippen molar-refractivity contribution in [3.63, 3.8) is 0 Å². The van der Waals surface area contributed by atoms with Gasteiger partial charge in [0.1, 0.15) is 0 Å². The summed E-state index contributed by atoms with van der Waals surface area (Å²) in [4.78, 5) is 0. The molecule has 0 bridgehead atoms. The molecule has 1 heteroatoms. The van der Waals surface area contributed by atoms with Crippen LogP contribution in [0.25, 0.3) is 0 Å². The molecule has 1 aromatic rings. The Kier molecular flexibility index (Phi) is 3.79. The smallest absolute Gasteiger partial charge is 0.0830 e.